The van der Waals surface area contributed by atoms with Gasteiger partial charge in [0.25, 0.3) is 0 Å². The number of ether oxygens (including phenoxy) is 2. The zero-order valence-electron chi connectivity index (χ0n) is 12.4. The van der Waals surface area contributed by atoms with Gasteiger partial charge in [-0.05, 0) is 46.9 Å². The maximum Gasteiger partial charge on any atom is 0.356 e. The van der Waals surface area contributed by atoms with E-state index in [2.05, 4.69) is 19.4 Å². The molecule has 0 aliphatic rings. The van der Waals surface area contributed by atoms with Crippen LogP contribution in [0.4, 0.5) is 11.4 Å². The fourth-order valence-corrected chi connectivity index (χ4v) is 1.73. The number of hydrogen-bond donors (Lipinski definition) is 2. The van der Waals surface area contributed by atoms with Crippen LogP contribution in [0.1, 0.15) is 21.0 Å². The van der Waals surface area contributed by atoms with Crippen LogP contribution in [0, 0.1) is 3.70 Å². The van der Waals surface area contributed by atoms with Crippen molar-refractivity contribution in [1.82, 2.24) is 9.97 Å². The molecule has 0 spiro atoms. The normalized spacial score (nSPS) is 9.35. The summed E-state index contributed by atoms with van der Waals surface area (Å²) in [5.74, 6) is -0.905. The number of nitrogens with two attached hydrogens (primary N) is 2. The number of hydrogen-bond acceptors (Lipinski definition) is 8. The van der Waals surface area contributed by atoms with Crippen LogP contribution >= 0.6 is 22.6 Å². The minimum atomic E-state index is -0.454. The summed E-state index contributed by atoms with van der Waals surface area (Å²) in [6.45, 7) is 0. The van der Waals surface area contributed by atoms with E-state index in [9.17, 15) is 9.59 Å². The Balaban J connectivity index is 0.000000231. The predicted octanol–water partition coefficient (Wildman–Crippen LogP) is 1.51. The number of carbonyl (C=O) groups excluding carboxylic acids is 2. The molecule has 2 aromatic heterocycles. The highest BCUT2D eigenvalue weighted by atomic mass is 127. The van der Waals surface area contributed by atoms with Crippen molar-refractivity contribution >= 4 is 45.9 Å². The molecule has 23 heavy (non-hydrogen) atoms. The van der Waals surface area contributed by atoms with E-state index in [-0.39, 0.29) is 11.4 Å². The van der Waals surface area contributed by atoms with E-state index in [4.69, 9.17) is 11.5 Å². The molecular formula is C14H15IN4O4. The Kier molecular flexibility index (Phi) is 7.19. The predicted molar refractivity (Wildman–Crippen MR) is 92.7 cm³/mol. The molecule has 0 bridgehead atoms. The van der Waals surface area contributed by atoms with Crippen molar-refractivity contribution in [3.05, 3.63) is 45.6 Å². The Morgan fingerprint density at radius 3 is 2.04 bits per heavy atom. The van der Waals surface area contributed by atoms with Crippen LogP contribution in [0.5, 0.6) is 0 Å². The molecule has 0 aliphatic heterocycles. The molecule has 0 fully saturated rings. The Morgan fingerprint density at radius 2 is 1.57 bits per heavy atom. The molecule has 0 amide bonds. The molecular weight excluding hydrogens is 415 g/mol. The SMILES string of the molecule is COC(=O)c1ccc(N)c(I)n1.COC(=O)c1ccc(N)cn1. The first-order valence-corrected chi connectivity index (χ1v) is 7.27. The zero-order valence-corrected chi connectivity index (χ0v) is 14.6. The van der Waals surface area contributed by atoms with E-state index in [1.165, 1.54) is 32.5 Å². The number of esters is 2. The zero-order chi connectivity index (χ0) is 17.4. The van der Waals surface area contributed by atoms with Crippen molar-refractivity contribution < 1.29 is 19.1 Å². The summed E-state index contributed by atoms with van der Waals surface area (Å²) in [5.41, 5.74) is 12.5. The summed E-state index contributed by atoms with van der Waals surface area (Å²) in [6, 6.07) is 6.27. The molecule has 2 aromatic rings. The number of nitrogen functional groups attached to an aromatic ring is 2. The van der Waals surface area contributed by atoms with Crippen molar-refractivity contribution in [1.29, 1.82) is 0 Å². The number of carbonyl (C=O) groups is 2. The molecule has 0 aromatic carbocycles. The minimum Gasteiger partial charge on any atom is -0.464 e. The van der Waals surface area contributed by atoms with Crippen LogP contribution in [0.25, 0.3) is 0 Å². The molecule has 4 N–H and O–H groups in total. The summed E-state index contributed by atoms with van der Waals surface area (Å²) < 4.78 is 9.53. The highest BCUT2D eigenvalue weighted by Gasteiger charge is 2.08. The third-order valence-corrected chi connectivity index (χ3v) is 3.32. The molecule has 0 aliphatic carbocycles. The van der Waals surface area contributed by atoms with Crippen LogP contribution in [-0.4, -0.2) is 36.1 Å². The smallest absolute Gasteiger partial charge is 0.356 e. The molecule has 0 radical (unpaired) electrons. The van der Waals surface area contributed by atoms with E-state index in [1.54, 1.807) is 12.1 Å². The van der Waals surface area contributed by atoms with Crippen LogP contribution < -0.4 is 11.5 Å². The van der Waals surface area contributed by atoms with Gasteiger partial charge in [-0.25, -0.2) is 19.6 Å². The van der Waals surface area contributed by atoms with Crippen molar-refractivity contribution in [2.75, 3.05) is 25.7 Å². The molecule has 122 valence electrons. The maximum atomic E-state index is 10.9. The van der Waals surface area contributed by atoms with Gasteiger partial charge in [0.15, 0.2) is 0 Å². The number of rotatable bonds is 2. The molecule has 2 rings (SSSR count). The number of anilines is 2. The van der Waals surface area contributed by atoms with E-state index >= 15 is 0 Å². The number of methoxy groups -OCH3 is 2. The first kappa shape index (κ1) is 18.6. The van der Waals surface area contributed by atoms with Crippen LogP contribution in [0.3, 0.4) is 0 Å². The van der Waals surface area contributed by atoms with Gasteiger partial charge in [-0.15, -0.1) is 0 Å². The Hall–Kier alpha value is -2.43. The largest absolute Gasteiger partial charge is 0.464 e. The Morgan fingerprint density at radius 1 is 1.00 bits per heavy atom. The van der Waals surface area contributed by atoms with E-state index < -0.39 is 11.9 Å². The quantitative estimate of drug-likeness (QED) is 0.417. The second-order valence-electron chi connectivity index (χ2n) is 4.04. The highest BCUT2D eigenvalue weighted by Crippen LogP contribution is 2.12. The lowest BCUT2D eigenvalue weighted by atomic mass is 10.3. The van der Waals surface area contributed by atoms with Gasteiger partial charge in [0.1, 0.15) is 15.1 Å². The molecule has 0 saturated heterocycles. The molecule has 8 nitrogen and oxygen atoms in total. The van der Waals surface area contributed by atoms with Gasteiger partial charge < -0.3 is 20.9 Å². The second kappa shape index (κ2) is 8.88. The van der Waals surface area contributed by atoms with Gasteiger partial charge in [0.2, 0.25) is 0 Å². The third kappa shape index (κ3) is 5.70. The lowest BCUT2D eigenvalue weighted by Crippen LogP contribution is -2.06. The fourth-order valence-electron chi connectivity index (χ4n) is 1.29. The summed E-state index contributed by atoms with van der Waals surface area (Å²) in [6.07, 6.45) is 1.41. The van der Waals surface area contributed by atoms with Crippen molar-refractivity contribution in [3.8, 4) is 0 Å². The van der Waals surface area contributed by atoms with Crippen molar-refractivity contribution in [2.24, 2.45) is 0 Å². The third-order valence-electron chi connectivity index (χ3n) is 2.45. The monoisotopic (exact) mass is 430 g/mol. The van der Waals surface area contributed by atoms with Crippen LogP contribution in [-0.2, 0) is 9.47 Å². The van der Waals surface area contributed by atoms with Gasteiger partial charge in [-0.2, -0.15) is 0 Å². The van der Waals surface area contributed by atoms with Crippen molar-refractivity contribution in [2.45, 2.75) is 0 Å². The molecule has 0 saturated carbocycles. The standard InChI is InChI=1S/C7H7IN2O2.C7H8N2O2/c1-12-7(11)5-3-2-4(9)6(8)10-5;1-11-7(10)6-3-2-5(8)4-9-6/h2-3H,9H2,1H3;2-4H,8H2,1H3. The summed E-state index contributed by atoms with van der Waals surface area (Å²) in [4.78, 5) is 29.4. The highest BCUT2D eigenvalue weighted by molar-refractivity contribution is 14.1. The molecule has 2 heterocycles. The van der Waals surface area contributed by atoms with Crippen LogP contribution in [0.15, 0.2) is 30.5 Å². The first-order chi connectivity index (χ1) is 10.9. The number of pyridine rings is 2. The summed E-state index contributed by atoms with van der Waals surface area (Å²) in [5, 5.41) is 0. The molecule has 0 unspecified atom stereocenters. The average Bonchev–Trinajstić information content (AvgIpc) is 2.57. The number of halogens is 1. The van der Waals surface area contributed by atoms with Gasteiger partial charge in [0, 0.05) is 0 Å². The van der Waals surface area contributed by atoms with Gasteiger partial charge in [0.05, 0.1) is 31.8 Å². The second-order valence-corrected chi connectivity index (χ2v) is 5.06. The average molecular weight is 430 g/mol. The number of nitrogens with zero attached hydrogens (tertiary/aromatic N) is 2. The lowest BCUT2D eigenvalue weighted by molar-refractivity contribution is 0.0585. The number of aromatic nitrogens is 2. The molecule has 0 atom stereocenters. The summed E-state index contributed by atoms with van der Waals surface area (Å²) in [7, 11) is 2.62. The van der Waals surface area contributed by atoms with Gasteiger partial charge >= 0.3 is 11.9 Å². The van der Waals surface area contributed by atoms with Gasteiger partial charge in [-0.3, -0.25) is 0 Å². The van der Waals surface area contributed by atoms with E-state index in [0.29, 0.717) is 15.1 Å². The molecule has 9 heteroatoms. The maximum absolute atomic E-state index is 10.9. The fraction of sp³-hybridized carbons (Fsp3) is 0.143. The summed E-state index contributed by atoms with van der Waals surface area (Å²) >= 11 is 1.96. The lowest BCUT2D eigenvalue weighted by Gasteiger charge is -2.00. The van der Waals surface area contributed by atoms with Crippen molar-refractivity contribution in [3.63, 3.8) is 0 Å². The van der Waals surface area contributed by atoms with Crippen LogP contribution in [0.2, 0.25) is 0 Å². The van der Waals surface area contributed by atoms with E-state index in [0.717, 1.165) is 0 Å². The minimum absolute atomic E-state index is 0.265. The van der Waals surface area contributed by atoms with Gasteiger partial charge in [-0.1, -0.05) is 0 Å². The first-order valence-electron chi connectivity index (χ1n) is 6.19. The Labute approximate surface area is 146 Å². The van der Waals surface area contributed by atoms with E-state index in [1.807, 2.05) is 22.6 Å². The Bertz CT molecular complexity index is 692. The topological polar surface area (TPSA) is 130 Å².